The first kappa shape index (κ1) is 15.4. The minimum atomic E-state index is -0.437. The molecule has 0 radical (unpaired) electrons. The molecule has 5 N–H and O–H groups in total. The number of nitrogens with two attached hydrogens (primary N) is 2. The lowest BCUT2D eigenvalue weighted by Gasteiger charge is -2.15. The minimum absolute atomic E-state index is 0.0462. The Morgan fingerprint density at radius 3 is 3.00 bits per heavy atom. The molecule has 1 aliphatic rings. The van der Waals surface area contributed by atoms with Gasteiger partial charge in [-0.2, -0.15) is 9.97 Å². The van der Waals surface area contributed by atoms with Crippen LogP contribution in [0.5, 0.6) is 0 Å². The Balaban J connectivity index is 1.86. The fourth-order valence-electron chi connectivity index (χ4n) is 2.72. The van der Waals surface area contributed by atoms with Crippen LogP contribution in [-0.4, -0.2) is 49.9 Å². The van der Waals surface area contributed by atoms with Crippen LogP contribution in [0.25, 0.3) is 11.2 Å². The first-order valence-corrected chi connectivity index (χ1v) is 7.14. The van der Waals surface area contributed by atoms with Crippen LogP contribution in [-0.2, 0) is 14.3 Å². The lowest BCUT2D eigenvalue weighted by Crippen LogP contribution is -2.25. The molecule has 0 saturated carbocycles. The van der Waals surface area contributed by atoms with Gasteiger partial charge in [-0.1, -0.05) is 0 Å². The van der Waals surface area contributed by atoms with Crippen molar-refractivity contribution in [3.8, 4) is 0 Å². The number of nitrogens with zero attached hydrogens (tertiary/aromatic N) is 4. The molecule has 124 valence electrons. The molecule has 0 bridgehead atoms. The van der Waals surface area contributed by atoms with E-state index in [1.807, 2.05) is 0 Å². The second-order valence-electron chi connectivity index (χ2n) is 5.40. The number of imidazole rings is 1. The van der Waals surface area contributed by atoms with E-state index in [1.165, 1.54) is 6.92 Å². The van der Waals surface area contributed by atoms with Crippen molar-refractivity contribution in [2.45, 2.75) is 25.7 Å². The van der Waals surface area contributed by atoms with Crippen molar-refractivity contribution >= 4 is 28.9 Å². The molecule has 1 fully saturated rings. The summed E-state index contributed by atoms with van der Waals surface area (Å²) in [5.41, 5.74) is 12.3. The van der Waals surface area contributed by atoms with Gasteiger partial charge in [0.25, 0.3) is 0 Å². The molecule has 0 amide bonds. The number of aromatic nitrogens is 4. The third-order valence-electron chi connectivity index (χ3n) is 3.82. The Kier molecular flexibility index (Phi) is 4.01. The number of aliphatic hydroxyl groups excluding tert-OH is 1. The molecule has 3 atom stereocenters. The third-order valence-corrected chi connectivity index (χ3v) is 3.82. The Hall–Kier alpha value is -2.46. The molecule has 0 aromatic carbocycles. The quantitative estimate of drug-likeness (QED) is 0.629. The summed E-state index contributed by atoms with van der Waals surface area (Å²) < 4.78 is 12.6. The van der Waals surface area contributed by atoms with Crippen LogP contribution in [0.1, 0.15) is 19.6 Å². The molecule has 1 aliphatic heterocycles. The van der Waals surface area contributed by atoms with E-state index in [2.05, 4.69) is 15.0 Å². The van der Waals surface area contributed by atoms with Gasteiger partial charge < -0.3 is 26.0 Å². The Bertz CT molecular complexity index is 733. The highest BCUT2D eigenvalue weighted by atomic mass is 16.5. The number of nitrogen functional groups attached to an aromatic ring is 2. The Labute approximate surface area is 131 Å². The maximum Gasteiger partial charge on any atom is 0.302 e. The highest BCUT2D eigenvalue weighted by Crippen LogP contribution is 2.35. The van der Waals surface area contributed by atoms with E-state index in [-0.39, 0.29) is 36.9 Å². The summed E-state index contributed by atoms with van der Waals surface area (Å²) in [6, 6.07) is 0. The molecule has 1 saturated heterocycles. The van der Waals surface area contributed by atoms with Gasteiger partial charge in [0, 0.05) is 19.3 Å². The number of hydrogen-bond donors (Lipinski definition) is 3. The summed E-state index contributed by atoms with van der Waals surface area (Å²) in [5, 5.41) is 9.46. The van der Waals surface area contributed by atoms with Crippen molar-refractivity contribution in [3.63, 3.8) is 0 Å². The normalized spacial score (nSPS) is 24.2. The third kappa shape index (κ3) is 2.90. The number of hydrogen-bond acceptors (Lipinski definition) is 9. The van der Waals surface area contributed by atoms with Crippen LogP contribution in [0.3, 0.4) is 0 Å². The fraction of sp³-hybridized carbons (Fsp3) is 0.538. The van der Waals surface area contributed by atoms with E-state index in [9.17, 15) is 9.90 Å². The molecule has 3 rings (SSSR count). The van der Waals surface area contributed by atoms with Gasteiger partial charge in [-0.05, 0) is 0 Å². The standard InChI is InChI=1S/C13H18N6O4/c1-6(21)22-4-7-2-9(23-8(7)3-20)19-5-16-10-11(14)17-13(15)18-12(10)19/h5,7-9,20H,2-4H2,1H3,(H4,14,15,17,18). The van der Waals surface area contributed by atoms with E-state index >= 15 is 0 Å². The van der Waals surface area contributed by atoms with Gasteiger partial charge in [0.15, 0.2) is 11.5 Å². The minimum Gasteiger partial charge on any atom is -0.465 e. The van der Waals surface area contributed by atoms with Gasteiger partial charge >= 0.3 is 5.97 Å². The molecule has 23 heavy (non-hydrogen) atoms. The molecule has 3 unspecified atom stereocenters. The van der Waals surface area contributed by atoms with Crippen molar-refractivity contribution in [2.24, 2.45) is 5.92 Å². The van der Waals surface area contributed by atoms with E-state index < -0.39 is 12.3 Å². The molecule has 0 aliphatic carbocycles. The highest BCUT2D eigenvalue weighted by Gasteiger charge is 2.37. The Morgan fingerprint density at radius 2 is 2.30 bits per heavy atom. The van der Waals surface area contributed by atoms with Crippen LogP contribution >= 0.6 is 0 Å². The van der Waals surface area contributed by atoms with Crippen LogP contribution < -0.4 is 11.5 Å². The van der Waals surface area contributed by atoms with Crippen LogP contribution in [0.4, 0.5) is 11.8 Å². The molecular weight excluding hydrogens is 304 g/mol. The Morgan fingerprint density at radius 1 is 1.52 bits per heavy atom. The van der Waals surface area contributed by atoms with E-state index in [1.54, 1.807) is 10.9 Å². The summed E-state index contributed by atoms with van der Waals surface area (Å²) in [7, 11) is 0. The second kappa shape index (κ2) is 5.97. The summed E-state index contributed by atoms with van der Waals surface area (Å²) >= 11 is 0. The maximum absolute atomic E-state index is 11.0. The van der Waals surface area contributed by atoms with Crippen LogP contribution in [0, 0.1) is 5.92 Å². The van der Waals surface area contributed by atoms with E-state index in [0.717, 1.165) is 0 Å². The van der Waals surface area contributed by atoms with Gasteiger partial charge in [0.1, 0.15) is 11.7 Å². The largest absolute Gasteiger partial charge is 0.465 e. The van der Waals surface area contributed by atoms with Crippen molar-refractivity contribution in [2.75, 3.05) is 24.7 Å². The SMILES string of the molecule is CC(=O)OCC1CC(n2cnc3c(N)nc(N)nc32)OC1CO. The van der Waals surface area contributed by atoms with Crippen LogP contribution in [0.15, 0.2) is 6.33 Å². The molecule has 10 nitrogen and oxygen atoms in total. The maximum atomic E-state index is 11.0. The van der Waals surface area contributed by atoms with Gasteiger partial charge in [-0.25, -0.2) is 4.98 Å². The number of anilines is 2. The van der Waals surface area contributed by atoms with Crippen molar-refractivity contribution in [1.82, 2.24) is 19.5 Å². The first-order valence-electron chi connectivity index (χ1n) is 7.14. The molecule has 2 aromatic rings. The number of aliphatic hydroxyl groups is 1. The monoisotopic (exact) mass is 322 g/mol. The number of carbonyl (C=O) groups excluding carboxylic acids is 1. The number of ether oxygens (including phenoxy) is 2. The summed E-state index contributed by atoms with van der Waals surface area (Å²) in [6.07, 6.45) is 1.23. The van der Waals surface area contributed by atoms with E-state index in [0.29, 0.717) is 17.6 Å². The predicted molar refractivity (Wildman–Crippen MR) is 79.9 cm³/mol. The smallest absolute Gasteiger partial charge is 0.302 e. The molecule has 10 heteroatoms. The average molecular weight is 322 g/mol. The summed E-state index contributed by atoms with van der Waals surface area (Å²) in [4.78, 5) is 23.2. The molecule has 2 aromatic heterocycles. The predicted octanol–water partition coefficient (Wildman–Crippen LogP) is -0.550. The lowest BCUT2D eigenvalue weighted by molar-refractivity contribution is -0.143. The number of rotatable bonds is 4. The fourth-order valence-corrected chi connectivity index (χ4v) is 2.72. The van der Waals surface area contributed by atoms with Crippen LogP contribution in [0.2, 0.25) is 0 Å². The van der Waals surface area contributed by atoms with Crippen molar-refractivity contribution in [1.29, 1.82) is 0 Å². The van der Waals surface area contributed by atoms with Gasteiger partial charge in [0.05, 0.1) is 25.6 Å². The van der Waals surface area contributed by atoms with E-state index in [4.69, 9.17) is 20.9 Å². The second-order valence-corrected chi connectivity index (χ2v) is 5.40. The molecule has 3 heterocycles. The van der Waals surface area contributed by atoms with Crippen molar-refractivity contribution in [3.05, 3.63) is 6.33 Å². The zero-order valence-electron chi connectivity index (χ0n) is 12.5. The van der Waals surface area contributed by atoms with Gasteiger partial charge in [-0.3, -0.25) is 9.36 Å². The van der Waals surface area contributed by atoms with Gasteiger partial charge in [-0.15, -0.1) is 0 Å². The van der Waals surface area contributed by atoms with Crippen molar-refractivity contribution < 1.29 is 19.4 Å². The number of fused-ring (bicyclic) bond motifs is 1. The van der Waals surface area contributed by atoms with Gasteiger partial charge in [0.2, 0.25) is 5.95 Å². The highest BCUT2D eigenvalue weighted by molar-refractivity contribution is 5.82. The number of esters is 1. The first-order chi connectivity index (χ1) is 11.0. The molecular formula is C13H18N6O4. The lowest BCUT2D eigenvalue weighted by atomic mass is 10.0. The topological polar surface area (TPSA) is 151 Å². The average Bonchev–Trinajstić information content (AvgIpc) is 3.08. The number of carbonyl (C=O) groups is 1. The molecule has 0 spiro atoms. The summed E-state index contributed by atoms with van der Waals surface area (Å²) in [6.45, 7) is 1.35. The summed E-state index contributed by atoms with van der Waals surface area (Å²) in [5.74, 6) is -0.251. The zero-order valence-corrected chi connectivity index (χ0v) is 12.5. The zero-order chi connectivity index (χ0) is 16.6.